The SMILES string of the molecule is Cc1cc(NCC2CC2)ccc1I. The van der Waals surface area contributed by atoms with Crippen molar-refractivity contribution in [2.24, 2.45) is 5.92 Å². The van der Waals surface area contributed by atoms with Crippen LogP contribution in [0.1, 0.15) is 18.4 Å². The highest BCUT2D eigenvalue weighted by atomic mass is 127. The molecule has 2 rings (SSSR count). The number of nitrogens with one attached hydrogen (secondary N) is 1. The molecule has 0 aliphatic heterocycles. The van der Waals surface area contributed by atoms with Gasteiger partial charge in [0.05, 0.1) is 0 Å². The predicted octanol–water partition coefficient (Wildman–Crippen LogP) is 3.42. The first kappa shape index (κ1) is 9.31. The molecule has 0 aromatic heterocycles. The number of rotatable bonds is 3. The molecular formula is C11H14IN. The van der Waals surface area contributed by atoms with Crippen LogP contribution in [0.15, 0.2) is 18.2 Å². The molecule has 0 saturated heterocycles. The van der Waals surface area contributed by atoms with Crippen LogP contribution >= 0.6 is 22.6 Å². The van der Waals surface area contributed by atoms with E-state index in [9.17, 15) is 0 Å². The predicted molar refractivity (Wildman–Crippen MR) is 65.1 cm³/mol. The molecule has 70 valence electrons. The van der Waals surface area contributed by atoms with Crippen LogP contribution in [0.25, 0.3) is 0 Å². The van der Waals surface area contributed by atoms with Gasteiger partial charge >= 0.3 is 0 Å². The Morgan fingerprint density at radius 3 is 2.85 bits per heavy atom. The maximum atomic E-state index is 3.47. The second-order valence-corrected chi connectivity index (χ2v) is 4.95. The molecule has 1 N–H and O–H groups in total. The Hall–Kier alpha value is -0.250. The van der Waals surface area contributed by atoms with Gasteiger partial charge in [-0.25, -0.2) is 0 Å². The lowest BCUT2D eigenvalue weighted by molar-refractivity contribution is 0.889. The molecule has 1 saturated carbocycles. The maximum absolute atomic E-state index is 3.47. The molecule has 1 nitrogen and oxygen atoms in total. The summed E-state index contributed by atoms with van der Waals surface area (Å²) in [6.45, 7) is 3.31. The molecule has 0 radical (unpaired) electrons. The molecular weight excluding hydrogens is 273 g/mol. The Morgan fingerprint density at radius 2 is 2.23 bits per heavy atom. The third-order valence-corrected chi connectivity index (χ3v) is 3.66. The fourth-order valence-corrected chi connectivity index (χ4v) is 1.67. The summed E-state index contributed by atoms with van der Waals surface area (Å²) in [4.78, 5) is 0. The monoisotopic (exact) mass is 287 g/mol. The number of hydrogen-bond donors (Lipinski definition) is 1. The van der Waals surface area contributed by atoms with E-state index in [2.05, 4.69) is 53.0 Å². The molecule has 0 bridgehead atoms. The van der Waals surface area contributed by atoms with Gasteiger partial charge in [0.25, 0.3) is 0 Å². The van der Waals surface area contributed by atoms with Crippen molar-refractivity contribution in [2.45, 2.75) is 19.8 Å². The fourth-order valence-electron chi connectivity index (χ4n) is 1.34. The lowest BCUT2D eigenvalue weighted by atomic mass is 10.2. The number of aryl methyl sites for hydroxylation is 1. The van der Waals surface area contributed by atoms with Gasteiger partial charge in [-0.3, -0.25) is 0 Å². The zero-order chi connectivity index (χ0) is 9.26. The van der Waals surface area contributed by atoms with Gasteiger partial charge in [-0.05, 0) is 72.0 Å². The summed E-state index contributed by atoms with van der Waals surface area (Å²) in [6.07, 6.45) is 2.83. The van der Waals surface area contributed by atoms with E-state index in [0.717, 1.165) is 12.5 Å². The van der Waals surface area contributed by atoms with Crippen LogP contribution in [0.3, 0.4) is 0 Å². The van der Waals surface area contributed by atoms with Gasteiger partial charge in [0.2, 0.25) is 0 Å². The number of halogens is 1. The van der Waals surface area contributed by atoms with Crippen molar-refractivity contribution >= 4 is 28.3 Å². The van der Waals surface area contributed by atoms with E-state index in [-0.39, 0.29) is 0 Å². The molecule has 1 aromatic carbocycles. The van der Waals surface area contributed by atoms with E-state index in [1.54, 1.807) is 0 Å². The van der Waals surface area contributed by atoms with Crippen molar-refractivity contribution in [1.82, 2.24) is 0 Å². The van der Waals surface area contributed by atoms with E-state index in [1.165, 1.54) is 27.7 Å². The van der Waals surface area contributed by atoms with E-state index in [0.29, 0.717) is 0 Å². The molecule has 1 aliphatic rings. The highest BCUT2D eigenvalue weighted by molar-refractivity contribution is 14.1. The second-order valence-electron chi connectivity index (χ2n) is 3.79. The summed E-state index contributed by atoms with van der Waals surface area (Å²) in [5, 5.41) is 3.47. The van der Waals surface area contributed by atoms with Gasteiger partial charge in [0, 0.05) is 15.8 Å². The Balaban J connectivity index is 1.98. The van der Waals surface area contributed by atoms with Gasteiger partial charge in [-0.2, -0.15) is 0 Å². The first-order chi connectivity index (χ1) is 6.25. The summed E-state index contributed by atoms with van der Waals surface area (Å²) >= 11 is 2.37. The molecule has 2 heteroatoms. The minimum absolute atomic E-state index is 0.944. The van der Waals surface area contributed by atoms with Crippen molar-refractivity contribution in [1.29, 1.82) is 0 Å². The van der Waals surface area contributed by atoms with Gasteiger partial charge in [-0.15, -0.1) is 0 Å². The second kappa shape index (κ2) is 3.86. The standard InChI is InChI=1S/C11H14IN/c1-8-6-10(4-5-11(8)12)13-7-9-2-3-9/h4-6,9,13H,2-3,7H2,1H3. The summed E-state index contributed by atoms with van der Waals surface area (Å²) in [7, 11) is 0. The Kier molecular flexibility index (Phi) is 2.77. The minimum atomic E-state index is 0.944. The highest BCUT2D eigenvalue weighted by Crippen LogP contribution is 2.29. The smallest absolute Gasteiger partial charge is 0.0343 e. The highest BCUT2D eigenvalue weighted by Gasteiger charge is 2.20. The van der Waals surface area contributed by atoms with Crippen LogP contribution in [0.4, 0.5) is 5.69 Å². The normalized spacial score (nSPS) is 15.8. The minimum Gasteiger partial charge on any atom is -0.385 e. The summed E-state index contributed by atoms with van der Waals surface area (Å²) < 4.78 is 1.34. The van der Waals surface area contributed by atoms with Crippen molar-refractivity contribution < 1.29 is 0 Å². The molecule has 0 amide bonds. The van der Waals surface area contributed by atoms with Gasteiger partial charge < -0.3 is 5.32 Å². The van der Waals surface area contributed by atoms with Crippen molar-refractivity contribution in [3.05, 3.63) is 27.3 Å². The quantitative estimate of drug-likeness (QED) is 0.840. The largest absolute Gasteiger partial charge is 0.385 e. The van der Waals surface area contributed by atoms with E-state index in [1.807, 2.05) is 0 Å². The van der Waals surface area contributed by atoms with E-state index in [4.69, 9.17) is 0 Å². The average Bonchev–Trinajstić information content (AvgIpc) is 2.91. The zero-order valence-electron chi connectivity index (χ0n) is 7.81. The maximum Gasteiger partial charge on any atom is 0.0343 e. The summed E-state index contributed by atoms with van der Waals surface area (Å²) in [6, 6.07) is 6.56. The van der Waals surface area contributed by atoms with Crippen LogP contribution in [-0.2, 0) is 0 Å². The lowest BCUT2D eigenvalue weighted by Crippen LogP contribution is -2.03. The topological polar surface area (TPSA) is 12.0 Å². The Bertz CT molecular complexity index is 305. The average molecular weight is 287 g/mol. The molecule has 1 aromatic rings. The lowest BCUT2D eigenvalue weighted by Gasteiger charge is -2.06. The van der Waals surface area contributed by atoms with Gasteiger partial charge in [0.1, 0.15) is 0 Å². The van der Waals surface area contributed by atoms with Crippen LogP contribution < -0.4 is 5.32 Å². The zero-order valence-corrected chi connectivity index (χ0v) is 9.97. The Morgan fingerprint density at radius 1 is 1.46 bits per heavy atom. The fraction of sp³-hybridized carbons (Fsp3) is 0.455. The molecule has 0 spiro atoms. The first-order valence-corrected chi connectivity index (χ1v) is 5.83. The van der Waals surface area contributed by atoms with Crippen molar-refractivity contribution in [3.8, 4) is 0 Å². The summed E-state index contributed by atoms with van der Waals surface area (Å²) in [5.41, 5.74) is 2.63. The third kappa shape index (κ3) is 2.59. The van der Waals surface area contributed by atoms with E-state index < -0.39 is 0 Å². The molecule has 0 atom stereocenters. The first-order valence-electron chi connectivity index (χ1n) is 4.76. The van der Waals surface area contributed by atoms with E-state index >= 15 is 0 Å². The number of hydrogen-bond acceptors (Lipinski definition) is 1. The van der Waals surface area contributed by atoms with Gasteiger partial charge in [0.15, 0.2) is 0 Å². The molecule has 0 unspecified atom stereocenters. The number of anilines is 1. The molecule has 1 fully saturated rings. The Labute approximate surface area is 93.1 Å². The van der Waals surface area contributed by atoms with Crippen molar-refractivity contribution in [2.75, 3.05) is 11.9 Å². The van der Waals surface area contributed by atoms with Gasteiger partial charge in [-0.1, -0.05) is 0 Å². The molecule has 13 heavy (non-hydrogen) atoms. The van der Waals surface area contributed by atoms with Crippen molar-refractivity contribution in [3.63, 3.8) is 0 Å². The van der Waals surface area contributed by atoms with Crippen LogP contribution in [-0.4, -0.2) is 6.54 Å². The van der Waals surface area contributed by atoms with Crippen LogP contribution in [0.5, 0.6) is 0 Å². The molecule has 0 heterocycles. The summed E-state index contributed by atoms with van der Waals surface area (Å²) in [5.74, 6) is 0.944. The molecule has 1 aliphatic carbocycles. The van der Waals surface area contributed by atoms with Crippen LogP contribution in [0.2, 0.25) is 0 Å². The van der Waals surface area contributed by atoms with Crippen LogP contribution in [0, 0.1) is 16.4 Å². The number of benzene rings is 1. The third-order valence-electron chi connectivity index (χ3n) is 2.45.